The van der Waals surface area contributed by atoms with E-state index in [1.807, 2.05) is 12.1 Å². The monoisotopic (exact) mass is 312 g/mol. The van der Waals surface area contributed by atoms with Gasteiger partial charge >= 0.3 is 0 Å². The Hall–Kier alpha value is -1.09. The van der Waals surface area contributed by atoms with Gasteiger partial charge in [0.1, 0.15) is 0 Å². The molecular formula is C13H17BrN2O2. The van der Waals surface area contributed by atoms with Gasteiger partial charge in [-0.25, -0.2) is 0 Å². The number of nitriles is 1. The summed E-state index contributed by atoms with van der Waals surface area (Å²) in [7, 11) is 1.66. The Bertz CT molecular complexity index is 404. The topological polar surface area (TPSA) is 54.3 Å². The Kier molecular flexibility index (Phi) is 7.42. The minimum atomic E-state index is 0.630. The third-order valence-corrected chi connectivity index (χ3v) is 2.71. The normalized spacial score (nSPS) is 10.1. The zero-order valence-electron chi connectivity index (χ0n) is 10.4. The van der Waals surface area contributed by atoms with E-state index in [2.05, 4.69) is 27.3 Å². The van der Waals surface area contributed by atoms with Crippen LogP contribution in [0.5, 0.6) is 0 Å². The van der Waals surface area contributed by atoms with E-state index >= 15 is 0 Å². The standard InChI is InChI=1S/C13H17BrN2O2/c1-17-5-6-18-4-2-3-16-13-8-11(10-15)7-12(14)9-13/h7-9,16H,2-6H2,1H3. The third kappa shape index (κ3) is 6.01. The third-order valence-electron chi connectivity index (χ3n) is 2.25. The average Bonchev–Trinajstić information content (AvgIpc) is 2.37. The van der Waals surface area contributed by atoms with Gasteiger partial charge < -0.3 is 14.8 Å². The van der Waals surface area contributed by atoms with Gasteiger partial charge in [-0.3, -0.25) is 0 Å². The van der Waals surface area contributed by atoms with Crippen molar-refractivity contribution >= 4 is 21.6 Å². The van der Waals surface area contributed by atoms with Crippen molar-refractivity contribution in [1.82, 2.24) is 0 Å². The SMILES string of the molecule is COCCOCCCNc1cc(Br)cc(C#N)c1. The van der Waals surface area contributed by atoms with Gasteiger partial charge in [0.15, 0.2) is 0 Å². The molecule has 18 heavy (non-hydrogen) atoms. The molecule has 0 aliphatic heterocycles. The van der Waals surface area contributed by atoms with Gasteiger partial charge in [-0.1, -0.05) is 15.9 Å². The van der Waals surface area contributed by atoms with E-state index in [9.17, 15) is 0 Å². The van der Waals surface area contributed by atoms with E-state index in [1.54, 1.807) is 13.2 Å². The van der Waals surface area contributed by atoms with Gasteiger partial charge in [-0.2, -0.15) is 5.26 Å². The summed E-state index contributed by atoms with van der Waals surface area (Å²) >= 11 is 3.38. The van der Waals surface area contributed by atoms with Crippen molar-refractivity contribution < 1.29 is 9.47 Å². The molecule has 1 rings (SSSR count). The van der Waals surface area contributed by atoms with Gasteiger partial charge in [-0.15, -0.1) is 0 Å². The summed E-state index contributed by atoms with van der Waals surface area (Å²) in [5.74, 6) is 0. The molecule has 0 spiro atoms. The maximum Gasteiger partial charge on any atom is 0.0992 e. The molecular weight excluding hydrogens is 296 g/mol. The smallest absolute Gasteiger partial charge is 0.0992 e. The zero-order valence-corrected chi connectivity index (χ0v) is 12.0. The summed E-state index contributed by atoms with van der Waals surface area (Å²) < 4.78 is 11.1. The van der Waals surface area contributed by atoms with E-state index in [1.165, 1.54) is 0 Å². The van der Waals surface area contributed by atoms with E-state index in [0.717, 1.165) is 23.1 Å². The molecule has 0 amide bonds. The second-order valence-electron chi connectivity index (χ2n) is 3.73. The van der Waals surface area contributed by atoms with E-state index in [4.69, 9.17) is 14.7 Å². The predicted octanol–water partition coefficient (Wildman–Crippen LogP) is 2.79. The Morgan fingerprint density at radius 1 is 1.28 bits per heavy atom. The molecule has 98 valence electrons. The highest BCUT2D eigenvalue weighted by Crippen LogP contribution is 2.19. The highest BCUT2D eigenvalue weighted by Gasteiger charge is 1.98. The second-order valence-corrected chi connectivity index (χ2v) is 4.64. The van der Waals surface area contributed by atoms with Crippen LogP contribution in [0, 0.1) is 11.3 Å². The fourth-order valence-corrected chi connectivity index (χ4v) is 1.90. The lowest BCUT2D eigenvalue weighted by atomic mass is 10.2. The first kappa shape index (κ1) is 15.0. The Morgan fingerprint density at radius 2 is 2.11 bits per heavy atom. The highest BCUT2D eigenvalue weighted by atomic mass is 79.9. The van der Waals surface area contributed by atoms with Gasteiger partial charge in [0, 0.05) is 30.4 Å². The molecule has 0 aliphatic rings. The lowest BCUT2D eigenvalue weighted by Crippen LogP contribution is -2.08. The fourth-order valence-electron chi connectivity index (χ4n) is 1.41. The van der Waals surface area contributed by atoms with Crippen molar-refractivity contribution in [3.05, 3.63) is 28.2 Å². The Morgan fingerprint density at radius 3 is 2.83 bits per heavy atom. The molecule has 0 aliphatic carbocycles. The summed E-state index contributed by atoms with van der Waals surface area (Å²) in [6, 6.07) is 7.70. The zero-order chi connectivity index (χ0) is 13.2. The first-order valence-corrected chi connectivity index (χ1v) is 6.57. The molecule has 5 heteroatoms. The van der Waals surface area contributed by atoms with Crippen LogP contribution in [0.15, 0.2) is 22.7 Å². The number of halogens is 1. The van der Waals surface area contributed by atoms with Crippen LogP contribution in [0.25, 0.3) is 0 Å². The van der Waals surface area contributed by atoms with Crippen molar-refractivity contribution in [3.8, 4) is 6.07 Å². The number of nitrogens with one attached hydrogen (secondary N) is 1. The molecule has 4 nitrogen and oxygen atoms in total. The highest BCUT2D eigenvalue weighted by molar-refractivity contribution is 9.10. The minimum Gasteiger partial charge on any atom is -0.385 e. The molecule has 0 saturated carbocycles. The largest absolute Gasteiger partial charge is 0.385 e. The number of benzene rings is 1. The first-order valence-electron chi connectivity index (χ1n) is 5.77. The number of hydrogen-bond donors (Lipinski definition) is 1. The van der Waals surface area contributed by atoms with Crippen LogP contribution >= 0.6 is 15.9 Å². The molecule has 1 N–H and O–H groups in total. The van der Waals surface area contributed by atoms with Crippen molar-refractivity contribution in [3.63, 3.8) is 0 Å². The fraction of sp³-hybridized carbons (Fsp3) is 0.462. The van der Waals surface area contributed by atoms with Gasteiger partial charge in [-0.05, 0) is 24.6 Å². The number of anilines is 1. The number of hydrogen-bond acceptors (Lipinski definition) is 4. The summed E-state index contributed by atoms with van der Waals surface area (Å²) in [6.07, 6.45) is 0.915. The van der Waals surface area contributed by atoms with Crippen LogP contribution in [-0.2, 0) is 9.47 Å². The number of methoxy groups -OCH3 is 1. The summed E-state index contributed by atoms with van der Waals surface area (Å²) in [4.78, 5) is 0. The summed E-state index contributed by atoms with van der Waals surface area (Å²) in [5, 5.41) is 12.1. The molecule has 1 aromatic rings. The lowest BCUT2D eigenvalue weighted by Gasteiger charge is -2.08. The van der Waals surface area contributed by atoms with Crippen molar-refractivity contribution in [1.29, 1.82) is 5.26 Å². The molecule has 0 unspecified atom stereocenters. The molecule has 0 saturated heterocycles. The van der Waals surface area contributed by atoms with Crippen LogP contribution in [-0.4, -0.2) is 33.5 Å². The predicted molar refractivity (Wildman–Crippen MR) is 74.7 cm³/mol. The molecule has 0 atom stereocenters. The molecule has 1 aromatic carbocycles. The van der Waals surface area contributed by atoms with Gasteiger partial charge in [0.05, 0.1) is 24.8 Å². The van der Waals surface area contributed by atoms with Crippen LogP contribution in [0.3, 0.4) is 0 Å². The second kappa shape index (κ2) is 8.92. The van der Waals surface area contributed by atoms with E-state index < -0.39 is 0 Å². The van der Waals surface area contributed by atoms with Crippen LogP contribution in [0.4, 0.5) is 5.69 Å². The minimum absolute atomic E-state index is 0.630. The van der Waals surface area contributed by atoms with Crippen LogP contribution < -0.4 is 5.32 Å². The summed E-state index contributed by atoms with van der Waals surface area (Å²) in [5.41, 5.74) is 1.58. The van der Waals surface area contributed by atoms with Crippen molar-refractivity contribution in [2.24, 2.45) is 0 Å². The van der Waals surface area contributed by atoms with Gasteiger partial charge in [0.2, 0.25) is 0 Å². The van der Waals surface area contributed by atoms with Crippen LogP contribution in [0.1, 0.15) is 12.0 Å². The molecule has 0 aromatic heterocycles. The van der Waals surface area contributed by atoms with Gasteiger partial charge in [0.25, 0.3) is 0 Å². The number of nitrogens with zero attached hydrogens (tertiary/aromatic N) is 1. The molecule has 0 bridgehead atoms. The Labute approximate surface area is 116 Å². The van der Waals surface area contributed by atoms with E-state index in [-0.39, 0.29) is 0 Å². The van der Waals surface area contributed by atoms with E-state index in [0.29, 0.717) is 25.4 Å². The van der Waals surface area contributed by atoms with Crippen molar-refractivity contribution in [2.45, 2.75) is 6.42 Å². The van der Waals surface area contributed by atoms with Crippen LogP contribution in [0.2, 0.25) is 0 Å². The summed E-state index contributed by atoms with van der Waals surface area (Å²) in [6.45, 7) is 2.78. The Balaban J connectivity index is 2.23. The quantitative estimate of drug-likeness (QED) is 0.750. The molecule has 0 radical (unpaired) electrons. The average molecular weight is 313 g/mol. The van der Waals surface area contributed by atoms with Crippen molar-refractivity contribution in [2.75, 3.05) is 38.8 Å². The number of ether oxygens (including phenoxy) is 2. The molecule has 0 fully saturated rings. The first-order chi connectivity index (χ1) is 8.76. The maximum absolute atomic E-state index is 8.85. The molecule has 0 heterocycles. The number of rotatable bonds is 8. The maximum atomic E-state index is 8.85. The lowest BCUT2D eigenvalue weighted by molar-refractivity contribution is 0.0705.